The Hall–Kier alpha value is -3.00. The van der Waals surface area contributed by atoms with Crippen LogP contribution in [0.3, 0.4) is 0 Å². The van der Waals surface area contributed by atoms with Crippen LogP contribution in [0.15, 0.2) is 47.0 Å². The van der Waals surface area contributed by atoms with E-state index < -0.39 is 47.7 Å². The summed E-state index contributed by atoms with van der Waals surface area (Å²) in [4.78, 5) is 0.541. The molecule has 0 saturated carbocycles. The SMILES string of the molecule is CCC(Oc1cc(OCC(F)(F)F)c(C#N)cc1F)/C(SCc1ccc(C(C)(F)F)cc1)=C(\C)N. The molecule has 0 aliphatic rings. The lowest BCUT2D eigenvalue weighted by Gasteiger charge is -2.23. The third kappa shape index (κ3) is 8.31. The van der Waals surface area contributed by atoms with Crippen molar-refractivity contribution in [1.29, 1.82) is 5.26 Å². The lowest BCUT2D eigenvalue weighted by molar-refractivity contribution is -0.153. The van der Waals surface area contributed by atoms with Crippen LogP contribution in [0.5, 0.6) is 11.5 Å². The average molecular weight is 519 g/mol. The number of nitrogens with two attached hydrogens (primary N) is 1. The molecule has 0 radical (unpaired) electrons. The highest BCUT2D eigenvalue weighted by molar-refractivity contribution is 8.02. The molecule has 0 amide bonds. The molecule has 0 aliphatic heterocycles. The number of alkyl halides is 5. The minimum Gasteiger partial charge on any atom is -0.483 e. The number of halogens is 6. The smallest absolute Gasteiger partial charge is 0.422 e. The molecule has 0 aromatic heterocycles. The van der Waals surface area contributed by atoms with Crippen molar-refractivity contribution in [3.8, 4) is 17.6 Å². The average Bonchev–Trinajstić information content (AvgIpc) is 2.77. The van der Waals surface area contributed by atoms with Crippen molar-refractivity contribution in [3.63, 3.8) is 0 Å². The van der Waals surface area contributed by atoms with Gasteiger partial charge in [0.1, 0.15) is 17.9 Å². The molecule has 0 saturated heterocycles. The fraction of sp³-hybridized carbons (Fsp3) is 0.375. The van der Waals surface area contributed by atoms with Gasteiger partial charge >= 0.3 is 6.18 Å². The normalized spacial score (nSPS) is 13.6. The minimum absolute atomic E-state index is 0.119. The lowest BCUT2D eigenvalue weighted by atomic mass is 10.1. The zero-order valence-electron chi connectivity index (χ0n) is 19.2. The molecule has 2 aromatic carbocycles. The Morgan fingerprint density at radius 3 is 2.23 bits per heavy atom. The maximum absolute atomic E-state index is 14.6. The summed E-state index contributed by atoms with van der Waals surface area (Å²) < 4.78 is 89.5. The van der Waals surface area contributed by atoms with E-state index in [1.165, 1.54) is 23.9 Å². The predicted octanol–water partition coefficient (Wildman–Crippen LogP) is 7.03. The van der Waals surface area contributed by atoms with E-state index in [1.54, 1.807) is 32.0 Å². The van der Waals surface area contributed by atoms with Gasteiger partial charge in [0.2, 0.25) is 0 Å². The molecule has 4 nitrogen and oxygen atoms in total. The number of ether oxygens (including phenoxy) is 2. The number of hydrogen-bond donors (Lipinski definition) is 1. The molecule has 2 rings (SSSR count). The van der Waals surface area contributed by atoms with Crippen molar-refractivity contribution in [3.05, 3.63) is 69.5 Å². The molecule has 0 heterocycles. The first-order chi connectivity index (χ1) is 16.2. The van der Waals surface area contributed by atoms with Crippen LogP contribution in [0.2, 0.25) is 0 Å². The van der Waals surface area contributed by atoms with E-state index in [0.717, 1.165) is 24.6 Å². The molecule has 35 heavy (non-hydrogen) atoms. The van der Waals surface area contributed by atoms with E-state index >= 15 is 0 Å². The van der Waals surface area contributed by atoms with E-state index in [9.17, 15) is 26.3 Å². The number of allylic oxidation sites excluding steroid dienone is 1. The molecule has 0 bridgehead atoms. The summed E-state index contributed by atoms with van der Waals surface area (Å²) in [6, 6.07) is 9.03. The van der Waals surface area contributed by atoms with Crippen molar-refractivity contribution in [2.45, 2.75) is 51.1 Å². The highest BCUT2D eigenvalue weighted by Gasteiger charge is 2.29. The van der Waals surface area contributed by atoms with Gasteiger partial charge in [-0.15, -0.1) is 11.8 Å². The van der Waals surface area contributed by atoms with Crippen LogP contribution in [0, 0.1) is 17.1 Å². The standard InChI is InChI=1S/C24H24F6N2O2S/c1-4-19(22(14(2)32)35-12-15-5-7-17(8-6-15)23(3,26)27)34-21-10-20(33-13-24(28,29)30)16(11-31)9-18(21)25/h5-10,19H,4,12-13,32H2,1-3H3/b22-14-. The topological polar surface area (TPSA) is 68.3 Å². The monoisotopic (exact) mass is 518 g/mol. The molecule has 0 aliphatic carbocycles. The van der Waals surface area contributed by atoms with Gasteiger partial charge in [0.25, 0.3) is 5.92 Å². The summed E-state index contributed by atoms with van der Waals surface area (Å²) in [6.45, 7) is 2.51. The van der Waals surface area contributed by atoms with Gasteiger partial charge in [-0.05, 0) is 25.0 Å². The Balaban J connectivity index is 2.23. The zero-order chi connectivity index (χ0) is 26.4. The molecule has 0 spiro atoms. The van der Waals surface area contributed by atoms with E-state index in [0.29, 0.717) is 22.8 Å². The van der Waals surface area contributed by atoms with Gasteiger partial charge in [-0.2, -0.15) is 18.4 Å². The number of nitriles is 1. The molecular weight excluding hydrogens is 494 g/mol. The Morgan fingerprint density at radius 2 is 1.74 bits per heavy atom. The fourth-order valence-corrected chi connectivity index (χ4v) is 4.13. The maximum Gasteiger partial charge on any atom is 0.422 e. The molecule has 0 fully saturated rings. The minimum atomic E-state index is -4.65. The largest absolute Gasteiger partial charge is 0.483 e. The Labute approximate surface area is 203 Å². The van der Waals surface area contributed by atoms with E-state index in [1.807, 2.05) is 0 Å². The number of benzene rings is 2. The van der Waals surface area contributed by atoms with Crippen molar-refractivity contribution in [2.24, 2.45) is 5.73 Å². The van der Waals surface area contributed by atoms with Crippen molar-refractivity contribution in [2.75, 3.05) is 6.61 Å². The summed E-state index contributed by atoms with van der Waals surface area (Å²) >= 11 is 1.27. The van der Waals surface area contributed by atoms with Gasteiger partial charge in [0, 0.05) is 34.9 Å². The molecular formula is C24H24F6N2O2S. The summed E-state index contributed by atoms with van der Waals surface area (Å²) in [5.41, 5.74) is 6.60. The second kappa shape index (κ2) is 11.6. The summed E-state index contributed by atoms with van der Waals surface area (Å²) in [7, 11) is 0. The fourth-order valence-electron chi connectivity index (χ4n) is 2.98. The molecule has 2 aromatic rings. The quantitative estimate of drug-likeness (QED) is 0.342. The second-order valence-corrected chi connectivity index (χ2v) is 8.75. The van der Waals surface area contributed by atoms with Crippen LogP contribution in [-0.2, 0) is 11.7 Å². The Morgan fingerprint density at radius 1 is 1.11 bits per heavy atom. The summed E-state index contributed by atoms with van der Waals surface area (Å²) in [6.07, 6.45) is -5.08. The van der Waals surface area contributed by atoms with E-state index in [2.05, 4.69) is 4.74 Å². The Bertz CT molecular complexity index is 1090. The van der Waals surface area contributed by atoms with E-state index in [-0.39, 0.29) is 5.56 Å². The van der Waals surface area contributed by atoms with Crippen LogP contribution in [0.1, 0.15) is 43.9 Å². The van der Waals surface area contributed by atoms with Crippen LogP contribution < -0.4 is 15.2 Å². The molecule has 11 heteroatoms. The van der Waals surface area contributed by atoms with Crippen LogP contribution in [0.25, 0.3) is 0 Å². The van der Waals surface area contributed by atoms with Crippen LogP contribution >= 0.6 is 11.8 Å². The number of nitrogens with zero attached hydrogens (tertiary/aromatic N) is 1. The van der Waals surface area contributed by atoms with Crippen molar-refractivity contribution in [1.82, 2.24) is 0 Å². The first-order valence-electron chi connectivity index (χ1n) is 10.4. The highest BCUT2D eigenvalue weighted by atomic mass is 32.2. The van der Waals surface area contributed by atoms with E-state index in [4.69, 9.17) is 15.7 Å². The second-order valence-electron chi connectivity index (χ2n) is 7.73. The zero-order valence-corrected chi connectivity index (χ0v) is 20.0. The van der Waals surface area contributed by atoms with Gasteiger partial charge in [-0.3, -0.25) is 0 Å². The third-order valence-corrected chi connectivity index (χ3v) is 6.10. The number of rotatable bonds is 10. The molecule has 2 N–H and O–H groups in total. The van der Waals surface area contributed by atoms with Gasteiger partial charge in [0.15, 0.2) is 18.2 Å². The first-order valence-corrected chi connectivity index (χ1v) is 11.4. The molecule has 1 unspecified atom stereocenters. The van der Waals surface area contributed by atoms with Crippen molar-refractivity contribution < 1.29 is 35.8 Å². The van der Waals surface area contributed by atoms with Crippen LogP contribution in [0.4, 0.5) is 26.3 Å². The first kappa shape index (κ1) is 28.2. The van der Waals surface area contributed by atoms with Crippen molar-refractivity contribution >= 4 is 11.8 Å². The van der Waals surface area contributed by atoms with Crippen LogP contribution in [-0.4, -0.2) is 18.9 Å². The maximum atomic E-state index is 14.6. The summed E-state index contributed by atoms with van der Waals surface area (Å²) in [5.74, 6) is -4.42. The lowest BCUT2D eigenvalue weighted by Crippen LogP contribution is -2.21. The van der Waals surface area contributed by atoms with Gasteiger partial charge in [0.05, 0.1) is 5.56 Å². The highest BCUT2D eigenvalue weighted by Crippen LogP contribution is 2.35. The number of thioether (sulfide) groups is 1. The van der Waals surface area contributed by atoms with Gasteiger partial charge < -0.3 is 15.2 Å². The van der Waals surface area contributed by atoms with Gasteiger partial charge in [-0.1, -0.05) is 31.2 Å². The molecule has 1 atom stereocenters. The third-order valence-electron chi connectivity index (χ3n) is 4.72. The van der Waals surface area contributed by atoms with Gasteiger partial charge in [-0.25, -0.2) is 13.2 Å². The Kier molecular flexibility index (Phi) is 9.38. The summed E-state index contributed by atoms with van der Waals surface area (Å²) in [5, 5.41) is 9.10. The number of hydrogen-bond acceptors (Lipinski definition) is 5. The molecule has 190 valence electrons. The predicted molar refractivity (Wildman–Crippen MR) is 122 cm³/mol.